The van der Waals surface area contributed by atoms with E-state index in [0.29, 0.717) is 23.7 Å². The Hall–Kier alpha value is -1.38. The van der Waals surface area contributed by atoms with Crippen molar-refractivity contribution in [3.05, 3.63) is 23.2 Å². The predicted molar refractivity (Wildman–Crippen MR) is 74.5 cm³/mol. The third kappa shape index (κ3) is 4.13. The summed E-state index contributed by atoms with van der Waals surface area (Å²) in [5.41, 5.74) is 6.36. The number of nitrogens with zero attached hydrogens (tertiary/aromatic N) is 2. The molecule has 0 fully saturated rings. The molecule has 1 aromatic rings. The molecule has 0 saturated heterocycles. The molecule has 0 aliphatic heterocycles. The number of benzene rings is 1. The zero-order valence-electron chi connectivity index (χ0n) is 10.0. The fraction of sp³-hybridized carbons (Fsp3) is 0.333. The highest BCUT2D eigenvalue weighted by Gasteiger charge is 2.11. The summed E-state index contributed by atoms with van der Waals surface area (Å²) in [5, 5.41) is 9.00. The van der Waals surface area contributed by atoms with E-state index in [-0.39, 0.29) is 11.7 Å². The van der Waals surface area contributed by atoms with Crippen molar-refractivity contribution in [3.8, 4) is 6.07 Å². The number of hydrogen-bond donors (Lipinski definition) is 1. The second-order valence-corrected chi connectivity index (χ2v) is 5.06. The van der Waals surface area contributed by atoms with Crippen molar-refractivity contribution in [1.29, 1.82) is 5.26 Å². The molecule has 4 nitrogen and oxygen atoms in total. The molecule has 0 saturated carbocycles. The van der Waals surface area contributed by atoms with Crippen molar-refractivity contribution in [2.45, 2.75) is 11.3 Å². The predicted octanol–water partition coefficient (Wildman–Crippen LogP) is 2.39. The van der Waals surface area contributed by atoms with E-state index in [4.69, 9.17) is 22.6 Å². The lowest BCUT2D eigenvalue weighted by molar-refractivity contribution is -0.127. The van der Waals surface area contributed by atoms with Crippen molar-refractivity contribution >= 4 is 35.0 Å². The highest BCUT2D eigenvalue weighted by molar-refractivity contribution is 8.00. The Morgan fingerprint density at radius 2 is 2.33 bits per heavy atom. The number of hydrogen-bond acceptors (Lipinski definition) is 4. The number of anilines is 1. The monoisotopic (exact) mass is 283 g/mol. The van der Waals surface area contributed by atoms with E-state index in [2.05, 4.69) is 0 Å². The number of rotatable bonds is 5. The Morgan fingerprint density at radius 3 is 2.94 bits per heavy atom. The van der Waals surface area contributed by atoms with Crippen molar-refractivity contribution < 1.29 is 4.79 Å². The fourth-order valence-corrected chi connectivity index (χ4v) is 2.54. The topological polar surface area (TPSA) is 70.1 Å². The molecular weight excluding hydrogens is 270 g/mol. The summed E-state index contributed by atoms with van der Waals surface area (Å²) in [5.74, 6) is 0.213. The molecule has 0 atom stereocenters. The van der Waals surface area contributed by atoms with Gasteiger partial charge in [-0.25, -0.2) is 0 Å². The van der Waals surface area contributed by atoms with Crippen molar-refractivity contribution in [1.82, 2.24) is 4.90 Å². The van der Waals surface area contributed by atoms with Crippen molar-refractivity contribution in [3.63, 3.8) is 0 Å². The van der Waals surface area contributed by atoms with Gasteiger partial charge in [0.1, 0.15) is 0 Å². The standard InChI is InChI=1S/C12H14ClN3OS/c1-16(7-3-6-14)11(17)8-18-12-9(13)4-2-5-10(12)15/h2,4-5H,3,7-8,15H2,1H3. The largest absolute Gasteiger partial charge is 0.398 e. The van der Waals surface area contributed by atoms with Crippen LogP contribution >= 0.6 is 23.4 Å². The number of carbonyl (C=O) groups is 1. The maximum absolute atomic E-state index is 11.8. The minimum atomic E-state index is -0.0467. The molecular formula is C12H14ClN3OS. The molecule has 1 rings (SSSR count). The van der Waals surface area contributed by atoms with Gasteiger partial charge in [0.2, 0.25) is 5.91 Å². The molecule has 1 amide bonds. The lowest BCUT2D eigenvalue weighted by atomic mass is 10.3. The zero-order chi connectivity index (χ0) is 13.5. The van der Waals surface area contributed by atoms with Crippen molar-refractivity contribution in [2.75, 3.05) is 25.1 Å². The van der Waals surface area contributed by atoms with E-state index in [1.54, 1.807) is 25.2 Å². The summed E-state index contributed by atoms with van der Waals surface area (Å²) in [6.07, 6.45) is 0.334. The van der Waals surface area contributed by atoms with Crippen LogP contribution in [0.15, 0.2) is 23.1 Å². The van der Waals surface area contributed by atoms with Crippen LogP contribution < -0.4 is 5.73 Å². The first-order chi connectivity index (χ1) is 8.56. The molecule has 0 unspecified atom stereocenters. The SMILES string of the molecule is CN(CCC#N)C(=O)CSc1c(N)cccc1Cl. The smallest absolute Gasteiger partial charge is 0.232 e. The van der Waals surface area contributed by atoms with E-state index in [0.717, 1.165) is 4.90 Å². The Labute approximate surface area is 116 Å². The van der Waals surface area contributed by atoms with Gasteiger partial charge in [0.05, 0.1) is 23.3 Å². The number of nitrogen functional groups attached to an aromatic ring is 1. The molecule has 0 aliphatic rings. The summed E-state index contributed by atoms with van der Waals surface area (Å²) >= 11 is 7.32. The van der Waals surface area contributed by atoms with E-state index in [1.807, 2.05) is 6.07 Å². The van der Waals surface area contributed by atoms with Gasteiger partial charge in [-0.05, 0) is 12.1 Å². The third-order valence-electron chi connectivity index (χ3n) is 2.32. The molecule has 0 radical (unpaired) electrons. The van der Waals surface area contributed by atoms with Gasteiger partial charge >= 0.3 is 0 Å². The lowest BCUT2D eigenvalue weighted by Crippen LogP contribution is -2.29. The average molecular weight is 284 g/mol. The van der Waals surface area contributed by atoms with Gasteiger partial charge in [-0.3, -0.25) is 4.79 Å². The summed E-state index contributed by atoms with van der Waals surface area (Å²) < 4.78 is 0. The van der Waals surface area contributed by atoms with Gasteiger partial charge in [-0.1, -0.05) is 17.7 Å². The zero-order valence-corrected chi connectivity index (χ0v) is 11.6. The Morgan fingerprint density at radius 1 is 1.61 bits per heavy atom. The van der Waals surface area contributed by atoms with Gasteiger partial charge in [0, 0.05) is 24.2 Å². The molecule has 0 spiro atoms. The lowest BCUT2D eigenvalue weighted by Gasteiger charge is -2.15. The first-order valence-electron chi connectivity index (χ1n) is 5.34. The van der Waals surface area contributed by atoms with Crippen LogP contribution in [0.4, 0.5) is 5.69 Å². The third-order valence-corrected chi connectivity index (χ3v) is 3.88. The van der Waals surface area contributed by atoms with Crippen LogP contribution in [0.25, 0.3) is 0 Å². The molecule has 1 aromatic carbocycles. The van der Waals surface area contributed by atoms with E-state index in [9.17, 15) is 4.79 Å². The van der Waals surface area contributed by atoms with Crippen LogP contribution in [0.2, 0.25) is 5.02 Å². The first-order valence-corrected chi connectivity index (χ1v) is 6.70. The van der Waals surface area contributed by atoms with E-state index >= 15 is 0 Å². The quantitative estimate of drug-likeness (QED) is 0.665. The van der Waals surface area contributed by atoms with Crippen LogP contribution in [0.3, 0.4) is 0 Å². The van der Waals surface area contributed by atoms with Gasteiger partial charge in [-0.15, -0.1) is 11.8 Å². The van der Waals surface area contributed by atoms with Crippen LogP contribution in [0, 0.1) is 11.3 Å². The van der Waals surface area contributed by atoms with Gasteiger partial charge in [0.15, 0.2) is 0 Å². The summed E-state index contributed by atoms with van der Waals surface area (Å²) in [6, 6.07) is 7.26. The number of halogens is 1. The first kappa shape index (κ1) is 14.7. The van der Waals surface area contributed by atoms with Gasteiger partial charge < -0.3 is 10.6 Å². The Bertz CT molecular complexity index is 453. The molecule has 6 heteroatoms. The highest BCUT2D eigenvalue weighted by Crippen LogP contribution is 2.32. The van der Waals surface area contributed by atoms with Crippen LogP contribution in [-0.4, -0.2) is 30.2 Å². The minimum Gasteiger partial charge on any atom is -0.398 e. The normalized spacial score (nSPS) is 9.83. The van der Waals surface area contributed by atoms with Crippen LogP contribution in [0.5, 0.6) is 0 Å². The fourth-order valence-electron chi connectivity index (χ4n) is 1.26. The Kier molecular flexibility index (Phi) is 5.83. The van der Waals surface area contributed by atoms with Crippen molar-refractivity contribution in [2.24, 2.45) is 0 Å². The number of thioether (sulfide) groups is 1. The molecule has 0 bridgehead atoms. The highest BCUT2D eigenvalue weighted by atomic mass is 35.5. The Balaban J connectivity index is 2.55. The molecule has 2 N–H and O–H groups in total. The maximum atomic E-state index is 11.8. The summed E-state index contributed by atoms with van der Waals surface area (Å²) in [6.45, 7) is 0.438. The average Bonchev–Trinajstić information content (AvgIpc) is 2.35. The molecule has 0 aliphatic carbocycles. The molecule has 0 aromatic heterocycles. The molecule has 18 heavy (non-hydrogen) atoms. The number of carbonyl (C=O) groups excluding carboxylic acids is 1. The molecule has 96 valence electrons. The minimum absolute atomic E-state index is 0.0467. The van der Waals surface area contributed by atoms with E-state index < -0.39 is 0 Å². The summed E-state index contributed by atoms with van der Waals surface area (Å²) in [7, 11) is 1.68. The maximum Gasteiger partial charge on any atom is 0.232 e. The number of nitriles is 1. The summed E-state index contributed by atoms with van der Waals surface area (Å²) in [4.78, 5) is 14.0. The van der Waals surface area contributed by atoms with Gasteiger partial charge in [0.25, 0.3) is 0 Å². The second-order valence-electron chi connectivity index (χ2n) is 3.67. The molecule has 0 heterocycles. The number of amides is 1. The van der Waals surface area contributed by atoms with Crippen LogP contribution in [-0.2, 0) is 4.79 Å². The van der Waals surface area contributed by atoms with Crippen LogP contribution in [0.1, 0.15) is 6.42 Å². The van der Waals surface area contributed by atoms with E-state index in [1.165, 1.54) is 16.7 Å². The second kappa shape index (κ2) is 7.14. The van der Waals surface area contributed by atoms with Gasteiger partial charge in [-0.2, -0.15) is 5.26 Å². The number of nitrogens with two attached hydrogens (primary N) is 1.